The van der Waals surface area contributed by atoms with E-state index in [-0.39, 0.29) is 30.3 Å². The number of rotatable bonds is 6. The molecule has 2 aromatic carbocycles. The maximum Gasteiger partial charge on any atom is 0.324 e. The van der Waals surface area contributed by atoms with Crippen molar-refractivity contribution in [1.82, 2.24) is 15.5 Å². The van der Waals surface area contributed by atoms with Crippen LogP contribution >= 0.6 is 0 Å². The third-order valence-electron chi connectivity index (χ3n) is 4.27. The SMILES string of the molecule is COc1ccc([C@@H](NCC(=O)N2CCNC2=O)c2ccc(F)cc2)cc1. The van der Waals surface area contributed by atoms with E-state index in [1.807, 2.05) is 24.3 Å². The van der Waals surface area contributed by atoms with Crippen LogP contribution in [0.5, 0.6) is 5.75 Å². The number of methoxy groups -OCH3 is 1. The predicted molar refractivity (Wildman–Crippen MR) is 94.4 cm³/mol. The summed E-state index contributed by atoms with van der Waals surface area (Å²) in [6.45, 7) is 0.815. The van der Waals surface area contributed by atoms with E-state index in [0.717, 1.165) is 16.9 Å². The van der Waals surface area contributed by atoms with Crippen molar-refractivity contribution in [2.75, 3.05) is 26.7 Å². The van der Waals surface area contributed by atoms with Crippen LogP contribution in [0.25, 0.3) is 0 Å². The number of hydrogen-bond donors (Lipinski definition) is 2. The van der Waals surface area contributed by atoms with E-state index in [2.05, 4.69) is 10.6 Å². The zero-order valence-electron chi connectivity index (χ0n) is 14.4. The number of amides is 3. The fourth-order valence-electron chi connectivity index (χ4n) is 2.87. The number of nitrogens with one attached hydrogen (secondary N) is 2. The first-order valence-corrected chi connectivity index (χ1v) is 8.29. The number of ether oxygens (including phenoxy) is 1. The Balaban J connectivity index is 1.79. The highest BCUT2D eigenvalue weighted by Crippen LogP contribution is 2.24. The summed E-state index contributed by atoms with van der Waals surface area (Å²) in [5, 5.41) is 5.78. The molecule has 136 valence electrons. The molecular weight excluding hydrogens is 337 g/mol. The molecule has 1 heterocycles. The lowest BCUT2D eigenvalue weighted by Gasteiger charge is -2.21. The molecule has 0 aromatic heterocycles. The smallest absolute Gasteiger partial charge is 0.324 e. The van der Waals surface area contributed by atoms with E-state index in [1.54, 1.807) is 19.2 Å². The minimum atomic E-state index is -0.375. The zero-order chi connectivity index (χ0) is 18.5. The largest absolute Gasteiger partial charge is 0.497 e. The summed E-state index contributed by atoms with van der Waals surface area (Å²) < 4.78 is 18.4. The van der Waals surface area contributed by atoms with E-state index in [1.165, 1.54) is 17.0 Å². The lowest BCUT2D eigenvalue weighted by Crippen LogP contribution is -2.41. The minimum absolute atomic E-state index is 0.0124. The molecule has 1 atom stereocenters. The van der Waals surface area contributed by atoms with Crippen LogP contribution in [0.3, 0.4) is 0 Å². The van der Waals surface area contributed by atoms with Crippen LogP contribution in [-0.2, 0) is 4.79 Å². The molecule has 6 nitrogen and oxygen atoms in total. The van der Waals surface area contributed by atoms with Gasteiger partial charge >= 0.3 is 6.03 Å². The van der Waals surface area contributed by atoms with Gasteiger partial charge in [0, 0.05) is 13.1 Å². The molecule has 3 amide bonds. The van der Waals surface area contributed by atoms with Gasteiger partial charge in [-0.2, -0.15) is 0 Å². The van der Waals surface area contributed by atoms with Crippen LogP contribution < -0.4 is 15.4 Å². The summed E-state index contributed by atoms with van der Waals surface area (Å²) in [5.41, 5.74) is 1.71. The molecule has 1 saturated heterocycles. The van der Waals surface area contributed by atoms with Crippen molar-refractivity contribution >= 4 is 11.9 Å². The topological polar surface area (TPSA) is 70.7 Å². The van der Waals surface area contributed by atoms with Crippen LogP contribution in [0.2, 0.25) is 0 Å². The van der Waals surface area contributed by atoms with Crippen molar-refractivity contribution in [3.8, 4) is 5.75 Å². The van der Waals surface area contributed by atoms with Crippen LogP contribution in [0, 0.1) is 5.82 Å². The molecule has 1 fully saturated rings. The Bertz CT molecular complexity index is 778. The van der Waals surface area contributed by atoms with E-state index in [9.17, 15) is 14.0 Å². The zero-order valence-corrected chi connectivity index (χ0v) is 14.4. The number of hydrogen-bond acceptors (Lipinski definition) is 4. The molecule has 26 heavy (non-hydrogen) atoms. The second-order valence-corrected chi connectivity index (χ2v) is 5.92. The average molecular weight is 357 g/mol. The average Bonchev–Trinajstić information content (AvgIpc) is 3.09. The van der Waals surface area contributed by atoms with Gasteiger partial charge in [-0.05, 0) is 35.4 Å². The quantitative estimate of drug-likeness (QED) is 0.830. The standard InChI is InChI=1S/C19H20FN3O3/c1-26-16-8-4-14(5-9-16)18(13-2-6-15(20)7-3-13)22-12-17(24)23-11-10-21-19(23)25/h2-9,18,22H,10-12H2,1H3,(H,21,25)/t18-/m0/s1. The summed E-state index contributed by atoms with van der Waals surface area (Å²) in [5.74, 6) is 0.0871. The van der Waals surface area contributed by atoms with Gasteiger partial charge in [-0.25, -0.2) is 9.18 Å². The highest BCUT2D eigenvalue weighted by atomic mass is 19.1. The summed E-state index contributed by atoms with van der Waals surface area (Å²) >= 11 is 0. The van der Waals surface area contributed by atoms with Gasteiger partial charge in [0.15, 0.2) is 0 Å². The fourth-order valence-corrected chi connectivity index (χ4v) is 2.87. The third-order valence-corrected chi connectivity index (χ3v) is 4.27. The third kappa shape index (κ3) is 4.00. The molecule has 1 aliphatic rings. The lowest BCUT2D eigenvalue weighted by molar-refractivity contribution is -0.126. The molecule has 0 aliphatic carbocycles. The van der Waals surface area contributed by atoms with E-state index in [0.29, 0.717) is 13.1 Å². The maximum atomic E-state index is 13.3. The van der Waals surface area contributed by atoms with Gasteiger partial charge in [0.05, 0.1) is 19.7 Å². The van der Waals surface area contributed by atoms with Gasteiger partial charge in [-0.3, -0.25) is 15.0 Å². The van der Waals surface area contributed by atoms with Gasteiger partial charge in [0.25, 0.3) is 0 Å². The van der Waals surface area contributed by atoms with Gasteiger partial charge in [-0.1, -0.05) is 24.3 Å². The first kappa shape index (κ1) is 17.9. The number of urea groups is 1. The second-order valence-electron chi connectivity index (χ2n) is 5.92. The van der Waals surface area contributed by atoms with E-state index >= 15 is 0 Å². The van der Waals surface area contributed by atoms with Crippen molar-refractivity contribution < 1.29 is 18.7 Å². The minimum Gasteiger partial charge on any atom is -0.497 e. The molecule has 0 unspecified atom stereocenters. The first-order chi connectivity index (χ1) is 12.6. The lowest BCUT2D eigenvalue weighted by atomic mass is 9.98. The summed E-state index contributed by atoms with van der Waals surface area (Å²) in [4.78, 5) is 25.1. The normalized spacial score (nSPS) is 14.8. The molecule has 0 spiro atoms. The maximum absolute atomic E-state index is 13.3. The van der Waals surface area contributed by atoms with Crippen LogP contribution in [0.15, 0.2) is 48.5 Å². The second kappa shape index (κ2) is 7.97. The molecule has 7 heteroatoms. The van der Waals surface area contributed by atoms with Gasteiger partial charge in [-0.15, -0.1) is 0 Å². The number of imide groups is 1. The van der Waals surface area contributed by atoms with Crippen molar-refractivity contribution in [2.45, 2.75) is 6.04 Å². The molecule has 2 aromatic rings. The Kier molecular flexibility index (Phi) is 5.48. The van der Waals surface area contributed by atoms with Crippen LogP contribution in [0.1, 0.15) is 17.2 Å². The Morgan fingerprint density at radius 2 is 1.81 bits per heavy atom. The van der Waals surface area contributed by atoms with Crippen molar-refractivity contribution in [1.29, 1.82) is 0 Å². The number of benzene rings is 2. The van der Waals surface area contributed by atoms with Crippen LogP contribution in [-0.4, -0.2) is 43.6 Å². The van der Waals surface area contributed by atoms with E-state index < -0.39 is 0 Å². The first-order valence-electron chi connectivity index (χ1n) is 8.29. The Hall–Kier alpha value is -2.93. The molecule has 0 radical (unpaired) electrons. The number of nitrogens with zero attached hydrogens (tertiary/aromatic N) is 1. The molecular formula is C19H20FN3O3. The highest BCUT2D eigenvalue weighted by Gasteiger charge is 2.26. The summed E-state index contributed by atoms with van der Waals surface area (Å²) in [6, 6.07) is 12.8. The van der Waals surface area contributed by atoms with Crippen molar-refractivity contribution in [3.63, 3.8) is 0 Å². The molecule has 0 saturated carbocycles. The number of carbonyl (C=O) groups is 2. The molecule has 1 aliphatic heterocycles. The van der Waals surface area contributed by atoms with Gasteiger partial charge in [0.2, 0.25) is 5.91 Å². The van der Waals surface area contributed by atoms with Gasteiger partial charge in [0.1, 0.15) is 11.6 Å². The van der Waals surface area contributed by atoms with Crippen LogP contribution in [0.4, 0.5) is 9.18 Å². The number of halogens is 1. The fraction of sp³-hybridized carbons (Fsp3) is 0.263. The summed E-state index contributed by atoms with van der Waals surface area (Å²) in [6.07, 6.45) is 0. The predicted octanol–water partition coefficient (Wildman–Crippen LogP) is 2.07. The summed E-state index contributed by atoms with van der Waals surface area (Å²) in [7, 11) is 1.59. The Morgan fingerprint density at radius 1 is 1.19 bits per heavy atom. The Morgan fingerprint density at radius 3 is 2.35 bits per heavy atom. The molecule has 0 bridgehead atoms. The van der Waals surface area contributed by atoms with Gasteiger partial charge < -0.3 is 10.1 Å². The molecule has 3 rings (SSSR count). The highest BCUT2D eigenvalue weighted by molar-refractivity contribution is 5.96. The van der Waals surface area contributed by atoms with Crippen molar-refractivity contribution in [2.24, 2.45) is 0 Å². The van der Waals surface area contributed by atoms with Crippen molar-refractivity contribution in [3.05, 3.63) is 65.5 Å². The number of carbonyl (C=O) groups excluding carboxylic acids is 2. The molecule has 2 N–H and O–H groups in total. The van der Waals surface area contributed by atoms with E-state index in [4.69, 9.17) is 4.74 Å². The Labute approximate surface area is 150 Å². The monoisotopic (exact) mass is 357 g/mol.